The van der Waals surface area contributed by atoms with Gasteiger partial charge in [0.2, 0.25) is 0 Å². The molecule has 2 aromatic carbocycles. The van der Waals surface area contributed by atoms with Crippen LogP contribution in [0.4, 0.5) is 4.39 Å². The van der Waals surface area contributed by atoms with Crippen molar-refractivity contribution in [1.29, 1.82) is 0 Å². The Labute approximate surface area is 89.4 Å². The van der Waals surface area contributed by atoms with Gasteiger partial charge in [0.1, 0.15) is 5.82 Å². The molecule has 0 fully saturated rings. The second kappa shape index (κ2) is 4.26. The molecule has 0 spiro atoms. The lowest BCUT2D eigenvalue weighted by atomic mass is 10.0. The minimum atomic E-state index is -0.159. The maximum atomic E-state index is 13.3. The van der Waals surface area contributed by atoms with E-state index >= 15 is 0 Å². The molecular weight excluding hydrogens is 187 g/mol. The Morgan fingerprint density at radius 1 is 0.933 bits per heavy atom. The highest BCUT2D eigenvalue weighted by Crippen LogP contribution is 2.21. The molecule has 0 aliphatic heterocycles. The van der Waals surface area contributed by atoms with Crippen molar-refractivity contribution in [2.45, 2.75) is 13.3 Å². The molecule has 0 amide bonds. The molecule has 2 aromatic rings. The quantitative estimate of drug-likeness (QED) is 0.686. The summed E-state index contributed by atoms with van der Waals surface area (Å²) in [5, 5.41) is 0. The first-order valence-corrected chi connectivity index (χ1v) is 5.14. The van der Waals surface area contributed by atoms with Gasteiger partial charge < -0.3 is 0 Å². The third kappa shape index (κ3) is 2.24. The van der Waals surface area contributed by atoms with Crippen LogP contribution in [0.25, 0.3) is 11.1 Å². The highest BCUT2D eigenvalue weighted by Gasteiger charge is 2.01. The molecule has 15 heavy (non-hydrogen) atoms. The van der Waals surface area contributed by atoms with Crippen LogP contribution in [0.5, 0.6) is 0 Å². The van der Waals surface area contributed by atoms with Gasteiger partial charge in [-0.15, -0.1) is 0 Å². The van der Waals surface area contributed by atoms with Crippen LogP contribution in [-0.2, 0) is 6.42 Å². The van der Waals surface area contributed by atoms with E-state index in [-0.39, 0.29) is 5.82 Å². The highest BCUT2D eigenvalue weighted by atomic mass is 19.1. The largest absolute Gasteiger partial charge is 0.207 e. The molecule has 76 valence electrons. The maximum Gasteiger partial charge on any atom is 0.124 e. The summed E-state index contributed by atoms with van der Waals surface area (Å²) in [7, 11) is 0. The van der Waals surface area contributed by atoms with E-state index in [1.165, 1.54) is 0 Å². The summed E-state index contributed by atoms with van der Waals surface area (Å²) in [6.45, 7) is 2.03. The monoisotopic (exact) mass is 200 g/mol. The van der Waals surface area contributed by atoms with Crippen molar-refractivity contribution in [2.24, 2.45) is 0 Å². The first-order chi connectivity index (χ1) is 7.29. The van der Waals surface area contributed by atoms with Gasteiger partial charge in [-0.1, -0.05) is 43.3 Å². The Hall–Kier alpha value is -1.63. The molecule has 0 heterocycles. The second-order valence-electron chi connectivity index (χ2n) is 3.57. The van der Waals surface area contributed by atoms with E-state index in [4.69, 9.17) is 0 Å². The zero-order valence-corrected chi connectivity index (χ0v) is 8.70. The molecule has 0 unspecified atom stereocenters. The number of aryl methyl sites for hydroxylation is 1. The standard InChI is InChI=1S/C14H13F/c1-2-11-8-13(10-14(15)9-11)12-6-4-3-5-7-12/h3-10H,2H2,1H3. The summed E-state index contributed by atoms with van der Waals surface area (Å²) in [5.41, 5.74) is 3.05. The lowest BCUT2D eigenvalue weighted by molar-refractivity contribution is 0.626. The normalized spacial score (nSPS) is 10.3. The predicted octanol–water partition coefficient (Wildman–Crippen LogP) is 4.06. The fraction of sp³-hybridized carbons (Fsp3) is 0.143. The Kier molecular flexibility index (Phi) is 2.82. The van der Waals surface area contributed by atoms with E-state index in [1.54, 1.807) is 12.1 Å². The summed E-state index contributed by atoms with van der Waals surface area (Å²) in [5.74, 6) is -0.159. The smallest absolute Gasteiger partial charge is 0.124 e. The van der Waals surface area contributed by atoms with Gasteiger partial charge in [0.25, 0.3) is 0 Å². The Morgan fingerprint density at radius 2 is 1.67 bits per heavy atom. The van der Waals surface area contributed by atoms with E-state index in [1.807, 2.05) is 43.3 Å². The maximum absolute atomic E-state index is 13.3. The predicted molar refractivity (Wildman–Crippen MR) is 61.2 cm³/mol. The summed E-state index contributed by atoms with van der Waals surface area (Å²) >= 11 is 0. The van der Waals surface area contributed by atoms with E-state index in [0.717, 1.165) is 23.1 Å². The van der Waals surface area contributed by atoms with Crippen LogP contribution in [0.1, 0.15) is 12.5 Å². The van der Waals surface area contributed by atoms with Crippen LogP contribution < -0.4 is 0 Å². The first kappa shape index (κ1) is 9.91. The average molecular weight is 200 g/mol. The Morgan fingerprint density at radius 3 is 2.33 bits per heavy atom. The van der Waals surface area contributed by atoms with Gasteiger partial charge in [-0.2, -0.15) is 0 Å². The number of benzene rings is 2. The van der Waals surface area contributed by atoms with Crippen LogP contribution in [0.3, 0.4) is 0 Å². The van der Waals surface area contributed by atoms with E-state index in [9.17, 15) is 4.39 Å². The third-order valence-corrected chi connectivity index (χ3v) is 2.47. The number of hydrogen-bond donors (Lipinski definition) is 0. The zero-order chi connectivity index (χ0) is 10.7. The number of rotatable bonds is 2. The van der Waals surface area contributed by atoms with Gasteiger partial charge in [-0.3, -0.25) is 0 Å². The van der Waals surface area contributed by atoms with Crippen LogP contribution >= 0.6 is 0 Å². The van der Waals surface area contributed by atoms with Gasteiger partial charge in [0, 0.05) is 0 Å². The van der Waals surface area contributed by atoms with Crippen molar-refractivity contribution in [2.75, 3.05) is 0 Å². The van der Waals surface area contributed by atoms with Crippen LogP contribution in [-0.4, -0.2) is 0 Å². The van der Waals surface area contributed by atoms with Crippen molar-refractivity contribution in [3.8, 4) is 11.1 Å². The molecule has 0 atom stereocenters. The summed E-state index contributed by atoms with van der Waals surface area (Å²) in [6.07, 6.45) is 0.859. The van der Waals surface area contributed by atoms with Crippen molar-refractivity contribution >= 4 is 0 Å². The first-order valence-electron chi connectivity index (χ1n) is 5.14. The molecule has 0 N–H and O–H groups in total. The van der Waals surface area contributed by atoms with E-state index < -0.39 is 0 Å². The molecule has 0 aliphatic carbocycles. The average Bonchev–Trinajstić information content (AvgIpc) is 2.29. The van der Waals surface area contributed by atoms with Gasteiger partial charge in [-0.25, -0.2) is 4.39 Å². The van der Waals surface area contributed by atoms with Crippen LogP contribution in [0.15, 0.2) is 48.5 Å². The molecule has 1 heteroatoms. The third-order valence-electron chi connectivity index (χ3n) is 2.47. The van der Waals surface area contributed by atoms with Crippen LogP contribution in [0.2, 0.25) is 0 Å². The molecule has 0 saturated heterocycles. The van der Waals surface area contributed by atoms with Crippen molar-refractivity contribution in [3.05, 3.63) is 59.9 Å². The number of halogens is 1. The summed E-state index contributed by atoms with van der Waals surface area (Å²) < 4.78 is 13.3. The Bertz CT molecular complexity index is 446. The highest BCUT2D eigenvalue weighted by molar-refractivity contribution is 5.64. The lowest BCUT2D eigenvalue weighted by Crippen LogP contribution is -1.86. The van der Waals surface area contributed by atoms with Gasteiger partial charge in [-0.05, 0) is 35.2 Å². The van der Waals surface area contributed by atoms with Crippen LogP contribution in [0, 0.1) is 5.82 Å². The van der Waals surface area contributed by atoms with E-state index in [2.05, 4.69) is 0 Å². The van der Waals surface area contributed by atoms with Crippen molar-refractivity contribution in [1.82, 2.24) is 0 Å². The molecule has 0 aromatic heterocycles. The lowest BCUT2D eigenvalue weighted by Gasteiger charge is -2.04. The minimum Gasteiger partial charge on any atom is -0.207 e. The van der Waals surface area contributed by atoms with Gasteiger partial charge in [0.15, 0.2) is 0 Å². The molecular formula is C14H13F. The summed E-state index contributed by atoms with van der Waals surface area (Å²) in [4.78, 5) is 0. The fourth-order valence-electron chi connectivity index (χ4n) is 1.65. The molecule has 0 saturated carbocycles. The van der Waals surface area contributed by atoms with E-state index in [0.29, 0.717) is 0 Å². The number of hydrogen-bond acceptors (Lipinski definition) is 0. The van der Waals surface area contributed by atoms with Gasteiger partial charge >= 0.3 is 0 Å². The molecule has 0 aliphatic rings. The zero-order valence-electron chi connectivity index (χ0n) is 8.70. The topological polar surface area (TPSA) is 0 Å². The SMILES string of the molecule is CCc1cc(F)cc(-c2ccccc2)c1. The molecule has 0 radical (unpaired) electrons. The minimum absolute atomic E-state index is 0.159. The van der Waals surface area contributed by atoms with Gasteiger partial charge in [0.05, 0.1) is 0 Å². The molecule has 0 bridgehead atoms. The van der Waals surface area contributed by atoms with Crippen molar-refractivity contribution in [3.63, 3.8) is 0 Å². The fourth-order valence-corrected chi connectivity index (χ4v) is 1.65. The summed E-state index contributed by atoms with van der Waals surface area (Å²) in [6, 6.07) is 15.1. The molecule has 2 rings (SSSR count). The second-order valence-corrected chi connectivity index (χ2v) is 3.57. The Balaban J connectivity index is 2.49. The van der Waals surface area contributed by atoms with Crippen molar-refractivity contribution < 1.29 is 4.39 Å². The molecule has 0 nitrogen and oxygen atoms in total.